The Hall–Kier alpha value is -1.54. The molecule has 0 aliphatic heterocycles. The van der Waals surface area contributed by atoms with Gasteiger partial charge in [-0.05, 0) is 29.0 Å². The van der Waals surface area contributed by atoms with Gasteiger partial charge in [0.25, 0.3) is 0 Å². The van der Waals surface area contributed by atoms with E-state index in [-0.39, 0.29) is 5.41 Å². The maximum absolute atomic E-state index is 8.17. The molecule has 0 spiro atoms. The standard InChI is InChI=1S/C11H16N4/c1-11(2,3)6-9-4-5-10(13-7-9)8-14-15-12/h4-5,7H,6,8H2,1-3H3. The predicted molar refractivity (Wildman–Crippen MR) is 60.2 cm³/mol. The lowest BCUT2D eigenvalue weighted by molar-refractivity contribution is 0.410. The van der Waals surface area contributed by atoms with Crippen LogP contribution >= 0.6 is 0 Å². The molecule has 4 heteroatoms. The SMILES string of the molecule is CC(C)(C)Cc1ccc(CN=[N+]=[N-])nc1. The van der Waals surface area contributed by atoms with Gasteiger partial charge in [0, 0.05) is 16.8 Å². The van der Waals surface area contributed by atoms with Crippen LogP contribution in [0.25, 0.3) is 10.4 Å². The number of hydrogen-bond donors (Lipinski definition) is 0. The van der Waals surface area contributed by atoms with Crippen molar-refractivity contribution in [2.75, 3.05) is 0 Å². The van der Waals surface area contributed by atoms with Crippen molar-refractivity contribution in [2.24, 2.45) is 10.5 Å². The molecule has 0 N–H and O–H groups in total. The summed E-state index contributed by atoms with van der Waals surface area (Å²) in [7, 11) is 0. The zero-order chi connectivity index (χ0) is 11.3. The Balaban J connectivity index is 2.68. The first-order chi connectivity index (χ1) is 7.01. The van der Waals surface area contributed by atoms with E-state index in [1.54, 1.807) is 0 Å². The van der Waals surface area contributed by atoms with Gasteiger partial charge in [0.15, 0.2) is 0 Å². The van der Waals surface area contributed by atoms with Crippen LogP contribution in [0.3, 0.4) is 0 Å². The molecule has 0 atom stereocenters. The fourth-order valence-corrected chi connectivity index (χ4v) is 1.37. The van der Waals surface area contributed by atoms with E-state index in [2.05, 4.69) is 35.8 Å². The topological polar surface area (TPSA) is 61.7 Å². The highest BCUT2D eigenvalue weighted by Crippen LogP contribution is 2.19. The summed E-state index contributed by atoms with van der Waals surface area (Å²) in [4.78, 5) is 6.93. The molecule has 1 heterocycles. The largest absolute Gasteiger partial charge is 0.261 e. The summed E-state index contributed by atoms with van der Waals surface area (Å²) in [6.45, 7) is 6.91. The number of nitrogens with zero attached hydrogens (tertiary/aromatic N) is 4. The normalized spacial score (nSPS) is 10.9. The van der Waals surface area contributed by atoms with Crippen LogP contribution in [0, 0.1) is 5.41 Å². The average Bonchev–Trinajstić information content (AvgIpc) is 2.14. The van der Waals surface area contributed by atoms with Gasteiger partial charge in [-0.25, -0.2) is 0 Å². The molecular weight excluding hydrogens is 188 g/mol. The molecule has 0 unspecified atom stereocenters. The van der Waals surface area contributed by atoms with Gasteiger partial charge >= 0.3 is 0 Å². The second-order valence-corrected chi connectivity index (χ2v) is 4.78. The summed E-state index contributed by atoms with van der Waals surface area (Å²) in [5.74, 6) is 0. The zero-order valence-corrected chi connectivity index (χ0v) is 9.44. The van der Waals surface area contributed by atoms with Gasteiger partial charge in [-0.3, -0.25) is 4.98 Å². The van der Waals surface area contributed by atoms with E-state index in [0.717, 1.165) is 12.1 Å². The first-order valence-electron chi connectivity index (χ1n) is 4.96. The van der Waals surface area contributed by atoms with Gasteiger partial charge in [0.05, 0.1) is 6.54 Å². The van der Waals surface area contributed by atoms with Crippen molar-refractivity contribution in [2.45, 2.75) is 33.7 Å². The second-order valence-electron chi connectivity index (χ2n) is 4.78. The van der Waals surface area contributed by atoms with Crippen molar-refractivity contribution in [3.8, 4) is 0 Å². The van der Waals surface area contributed by atoms with Gasteiger partial charge in [-0.1, -0.05) is 32.0 Å². The summed E-state index contributed by atoms with van der Waals surface area (Å²) in [6.07, 6.45) is 2.86. The Morgan fingerprint density at radius 3 is 2.60 bits per heavy atom. The molecule has 4 nitrogen and oxygen atoms in total. The Morgan fingerprint density at radius 2 is 2.13 bits per heavy atom. The molecule has 0 bridgehead atoms. The Morgan fingerprint density at radius 1 is 1.40 bits per heavy atom. The Bertz CT molecular complexity index is 355. The number of pyridine rings is 1. The van der Waals surface area contributed by atoms with E-state index in [9.17, 15) is 0 Å². The molecule has 1 rings (SSSR count). The molecule has 15 heavy (non-hydrogen) atoms. The molecule has 0 aliphatic rings. The molecule has 0 radical (unpaired) electrons. The van der Waals surface area contributed by atoms with E-state index in [1.165, 1.54) is 5.56 Å². The van der Waals surface area contributed by atoms with Crippen molar-refractivity contribution in [3.63, 3.8) is 0 Å². The summed E-state index contributed by atoms with van der Waals surface area (Å²) in [5.41, 5.74) is 10.5. The van der Waals surface area contributed by atoms with Crippen LogP contribution in [0.2, 0.25) is 0 Å². The lowest BCUT2D eigenvalue weighted by Gasteiger charge is -2.17. The van der Waals surface area contributed by atoms with Gasteiger partial charge < -0.3 is 0 Å². The second kappa shape index (κ2) is 4.80. The first-order valence-corrected chi connectivity index (χ1v) is 4.96. The minimum Gasteiger partial charge on any atom is -0.261 e. The minimum absolute atomic E-state index is 0.272. The van der Waals surface area contributed by atoms with Crippen LogP contribution in [0.4, 0.5) is 0 Å². The first kappa shape index (κ1) is 11.5. The maximum atomic E-state index is 8.17. The highest BCUT2D eigenvalue weighted by Gasteiger charge is 2.11. The van der Waals surface area contributed by atoms with Crippen LogP contribution in [0.15, 0.2) is 23.4 Å². The van der Waals surface area contributed by atoms with Crippen LogP contribution in [0.5, 0.6) is 0 Å². The molecule has 0 saturated carbocycles. The summed E-state index contributed by atoms with van der Waals surface area (Å²) in [6, 6.07) is 3.95. The number of hydrogen-bond acceptors (Lipinski definition) is 2. The third-order valence-electron chi connectivity index (χ3n) is 1.92. The third-order valence-corrected chi connectivity index (χ3v) is 1.92. The van der Waals surface area contributed by atoms with Crippen molar-refractivity contribution in [1.82, 2.24) is 4.98 Å². The molecule has 80 valence electrons. The summed E-state index contributed by atoms with van der Waals surface area (Å²) in [5, 5.41) is 3.46. The monoisotopic (exact) mass is 204 g/mol. The van der Waals surface area contributed by atoms with Gasteiger partial charge in [0.1, 0.15) is 0 Å². The lowest BCUT2D eigenvalue weighted by atomic mass is 9.89. The lowest BCUT2D eigenvalue weighted by Crippen LogP contribution is -2.09. The summed E-state index contributed by atoms with van der Waals surface area (Å²) >= 11 is 0. The molecule has 0 saturated heterocycles. The Labute approximate surface area is 90.0 Å². The van der Waals surface area contributed by atoms with E-state index < -0.39 is 0 Å². The highest BCUT2D eigenvalue weighted by atomic mass is 15.1. The molecule has 0 amide bonds. The van der Waals surface area contributed by atoms with E-state index in [0.29, 0.717) is 6.54 Å². The third kappa shape index (κ3) is 4.47. The van der Waals surface area contributed by atoms with Crippen LogP contribution in [0.1, 0.15) is 32.0 Å². The van der Waals surface area contributed by atoms with Crippen LogP contribution in [-0.2, 0) is 13.0 Å². The fraction of sp³-hybridized carbons (Fsp3) is 0.545. The van der Waals surface area contributed by atoms with Gasteiger partial charge in [-0.2, -0.15) is 0 Å². The van der Waals surface area contributed by atoms with E-state index in [1.807, 2.05) is 18.3 Å². The maximum Gasteiger partial charge on any atom is 0.0684 e. The van der Waals surface area contributed by atoms with Crippen molar-refractivity contribution in [1.29, 1.82) is 0 Å². The number of rotatable bonds is 3. The highest BCUT2D eigenvalue weighted by molar-refractivity contribution is 5.15. The minimum atomic E-state index is 0.272. The molecular formula is C11H16N4. The van der Waals surface area contributed by atoms with Gasteiger partial charge in [-0.15, -0.1) is 0 Å². The average molecular weight is 204 g/mol. The molecule has 0 aliphatic carbocycles. The molecule has 0 aromatic carbocycles. The molecule has 0 fully saturated rings. The van der Waals surface area contributed by atoms with E-state index in [4.69, 9.17) is 5.53 Å². The van der Waals surface area contributed by atoms with Crippen molar-refractivity contribution in [3.05, 3.63) is 40.0 Å². The summed E-state index contributed by atoms with van der Waals surface area (Å²) < 4.78 is 0. The van der Waals surface area contributed by atoms with Crippen LogP contribution in [-0.4, -0.2) is 4.98 Å². The van der Waals surface area contributed by atoms with Crippen molar-refractivity contribution >= 4 is 0 Å². The zero-order valence-electron chi connectivity index (χ0n) is 9.44. The molecule has 1 aromatic heterocycles. The Kier molecular flexibility index (Phi) is 3.69. The van der Waals surface area contributed by atoms with Crippen LogP contribution < -0.4 is 0 Å². The molecule has 1 aromatic rings. The fourth-order valence-electron chi connectivity index (χ4n) is 1.37. The van der Waals surface area contributed by atoms with E-state index >= 15 is 0 Å². The quantitative estimate of drug-likeness (QED) is 0.422. The van der Waals surface area contributed by atoms with Crippen molar-refractivity contribution < 1.29 is 0 Å². The number of azide groups is 1. The number of aromatic nitrogens is 1. The van der Waals surface area contributed by atoms with Gasteiger partial charge in [0.2, 0.25) is 0 Å². The smallest absolute Gasteiger partial charge is 0.0684 e. The predicted octanol–water partition coefficient (Wildman–Crippen LogP) is 3.48.